The zero-order valence-electron chi connectivity index (χ0n) is 14.0. The molecule has 1 aromatic rings. The normalized spacial score (nSPS) is 12.5. The van der Waals surface area contributed by atoms with Crippen LogP contribution < -0.4 is 10.2 Å². The lowest BCUT2D eigenvalue weighted by molar-refractivity contribution is -0.138. The van der Waals surface area contributed by atoms with Gasteiger partial charge in [0.1, 0.15) is 0 Å². The molecule has 1 atom stereocenters. The molecule has 1 unspecified atom stereocenters. The Labute approximate surface area is 146 Å². The van der Waals surface area contributed by atoms with Crippen molar-refractivity contribution in [2.24, 2.45) is 0 Å². The maximum Gasteiger partial charge on any atom is 0.324 e. The molecule has 0 bridgehead atoms. The van der Waals surface area contributed by atoms with Crippen LogP contribution in [0.15, 0.2) is 18.2 Å². The van der Waals surface area contributed by atoms with Crippen LogP contribution in [0.25, 0.3) is 0 Å². The number of likely N-dealkylation sites (N-methyl/N-ethyl adjacent to an activating group) is 1. The molecule has 0 radical (unpaired) electrons. The van der Waals surface area contributed by atoms with Crippen LogP contribution in [0.4, 0.5) is 11.4 Å². The van der Waals surface area contributed by atoms with E-state index in [0.717, 1.165) is 5.69 Å². The van der Waals surface area contributed by atoms with Crippen LogP contribution in [0, 0.1) is 6.92 Å². The van der Waals surface area contributed by atoms with Crippen molar-refractivity contribution in [2.45, 2.75) is 25.5 Å². The number of aliphatic hydroxyl groups is 1. The number of anilines is 2. The molecule has 0 saturated heterocycles. The summed E-state index contributed by atoms with van der Waals surface area (Å²) < 4.78 is 30.9. The highest BCUT2D eigenvalue weighted by molar-refractivity contribution is 7.87. The molecule has 0 saturated carbocycles. The molecule has 9 nitrogen and oxygen atoms in total. The number of carboxylic acid groups (broad SMARTS) is 1. The van der Waals surface area contributed by atoms with E-state index in [1.54, 1.807) is 25.1 Å². The minimum Gasteiger partial charge on any atom is -0.480 e. The first-order valence-electron chi connectivity index (χ1n) is 7.55. The number of amides is 1. The molecule has 140 valence electrons. The van der Waals surface area contributed by atoms with Crippen LogP contribution in [-0.4, -0.2) is 60.0 Å². The number of carbonyl (C=O) groups is 2. The van der Waals surface area contributed by atoms with Gasteiger partial charge in [-0.15, -0.1) is 0 Å². The van der Waals surface area contributed by atoms with Gasteiger partial charge in [0.05, 0.1) is 13.0 Å². The van der Waals surface area contributed by atoms with Gasteiger partial charge in [0, 0.05) is 24.5 Å². The monoisotopic (exact) mass is 374 g/mol. The standard InChI is InChI=1S/C15H22N2O7S/c1-3-17(6-7-18)11-4-5-12(10(2)8-11)16-14(19)9-13(15(20)21)25(22,23)24/h4-5,8,13,18H,3,6-7,9H2,1-2H3,(H,16,19)(H,20,21)(H,22,23,24). The molecular formula is C15H22N2O7S. The summed E-state index contributed by atoms with van der Waals surface area (Å²) >= 11 is 0. The smallest absolute Gasteiger partial charge is 0.324 e. The van der Waals surface area contributed by atoms with Gasteiger partial charge in [-0.25, -0.2) is 0 Å². The summed E-state index contributed by atoms with van der Waals surface area (Å²) in [6.45, 7) is 4.79. The van der Waals surface area contributed by atoms with Gasteiger partial charge in [-0.05, 0) is 37.6 Å². The van der Waals surface area contributed by atoms with E-state index in [9.17, 15) is 18.0 Å². The molecule has 1 amide bonds. The Morgan fingerprint density at radius 2 is 1.96 bits per heavy atom. The third kappa shape index (κ3) is 6.00. The Kier molecular flexibility index (Phi) is 7.34. The van der Waals surface area contributed by atoms with Crippen molar-refractivity contribution >= 4 is 33.4 Å². The molecule has 0 heterocycles. The van der Waals surface area contributed by atoms with E-state index in [0.29, 0.717) is 24.3 Å². The fraction of sp³-hybridized carbons (Fsp3) is 0.467. The molecule has 1 aromatic carbocycles. The minimum absolute atomic E-state index is 0.00240. The lowest BCUT2D eigenvalue weighted by Gasteiger charge is -2.23. The number of carboxylic acids is 1. The average Bonchev–Trinajstić information content (AvgIpc) is 2.51. The first kappa shape index (κ1) is 20.9. The fourth-order valence-corrected chi connectivity index (χ4v) is 2.88. The Bertz CT molecular complexity index is 733. The summed E-state index contributed by atoms with van der Waals surface area (Å²) in [6.07, 6.45) is -0.902. The van der Waals surface area contributed by atoms with Gasteiger partial charge < -0.3 is 20.4 Å². The number of nitrogens with one attached hydrogen (secondary N) is 1. The molecule has 1 rings (SSSR count). The maximum atomic E-state index is 11.9. The number of aryl methyl sites for hydroxylation is 1. The van der Waals surface area contributed by atoms with Gasteiger partial charge in [0.2, 0.25) is 5.91 Å². The van der Waals surface area contributed by atoms with Crippen LogP contribution in [0.1, 0.15) is 18.9 Å². The lowest BCUT2D eigenvalue weighted by atomic mass is 10.1. The number of rotatable bonds is 9. The second kappa shape index (κ2) is 8.79. The Hall–Kier alpha value is -2.17. The van der Waals surface area contributed by atoms with Crippen molar-refractivity contribution in [3.8, 4) is 0 Å². The summed E-state index contributed by atoms with van der Waals surface area (Å²) in [6, 6.07) is 5.11. The zero-order chi connectivity index (χ0) is 19.2. The summed E-state index contributed by atoms with van der Waals surface area (Å²) in [5, 5.41) is 18.1. The predicted octanol–water partition coefficient (Wildman–Crippen LogP) is 0.483. The number of hydrogen-bond acceptors (Lipinski definition) is 6. The van der Waals surface area contributed by atoms with Gasteiger partial charge in [-0.1, -0.05) is 0 Å². The van der Waals surface area contributed by atoms with Crippen molar-refractivity contribution in [1.82, 2.24) is 0 Å². The fourth-order valence-electron chi connectivity index (χ4n) is 2.26. The minimum atomic E-state index is -4.88. The molecule has 0 aliphatic heterocycles. The van der Waals surface area contributed by atoms with Crippen molar-refractivity contribution in [3.63, 3.8) is 0 Å². The maximum absolute atomic E-state index is 11.9. The van der Waals surface area contributed by atoms with Crippen LogP contribution in [0.5, 0.6) is 0 Å². The van der Waals surface area contributed by atoms with E-state index in [2.05, 4.69) is 5.32 Å². The van der Waals surface area contributed by atoms with Crippen LogP contribution in [-0.2, 0) is 19.7 Å². The third-order valence-corrected chi connectivity index (χ3v) is 4.69. The van der Waals surface area contributed by atoms with Crippen LogP contribution >= 0.6 is 0 Å². The summed E-state index contributed by atoms with van der Waals surface area (Å²) in [4.78, 5) is 24.7. The van der Waals surface area contributed by atoms with Gasteiger partial charge in [0.15, 0.2) is 5.25 Å². The number of nitrogens with zero attached hydrogens (tertiary/aromatic N) is 1. The number of benzene rings is 1. The number of aliphatic hydroxyl groups excluding tert-OH is 1. The Balaban J connectivity index is 2.89. The van der Waals surface area contributed by atoms with Crippen molar-refractivity contribution in [3.05, 3.63) is 23.8 Å². The van der Waals surface area contributed by atoms with Crippen molar-refractivity contribution in [2.75, 3.05) is 29.9 Å². The highest BCUT2D eigenvalue weighted by Crippen LogP contribution is 2.23. The quantitative estimate of drug-likeness (QED) is 0.457. The van der Waals surface area contributed by atoms with E-state index in [1.165, 1.54) is 0 Å². The van der Waals surface area contributed by atoms with Crippen molar-refractivity contribution < 1.29 is 32.8 Å². The summed E-state index contributed by atoms with van der Waals surface area (Å²) in [5.41, 5.74) is 1.92. The van der Waals surface area contributed by atoms with E-state index in [4.69, 9.17) is 14.8 Å². The Morgan fingerprint density at radius 3 is 2.40 bits per heavy atom. The molecule has 4 N–H and O–H groups in total. The summed E-state index contributed by atoms with van der Waals surface area (Å²) in [7, 11) is -4.88. The second-order valence-corrected chi connectivity index (χ2v) is 7.00. The molecule has 0 aliphatic rings. The molecule has 0 spiro atoms. The predicted molar refractivity (Wildman–Crippen MR) is 92.4 cm³/mol. The van der Waals surface area contributed by atoms with Gasteiger partial charge >= 0.3 is 5.97 Å². The van der Waals surface area contributed by atoms with Gasteiger partial charge in [-0.3, -0.25) is 14.1 Å². The molecule has 0 aromatic heterocycles. The van der Waals surface area contributed by atoms with E-state index in [-0.39, 0.29) is 6.61 Å². The van der Waals surface area contributed by atoms with Crippen LogP contribution in [0.3, 0.4) is 0 Å². The highest BCUT2D eigenvalue weighted by atomic mass is 32.2. The van der Waals surface area contributed by atoms with E-state index >= 15 is 0 Å². The highest BCUT2D eigenvalue weighted by Gasteiger charge is 2.33. The average molecular weight is 374 g/mol. The summed E-state index contributed by atoms with van der Waals surface area (Å²) in [5.74, 6) is -2.64. The topological polar surface area (TPSA) is 144 Å². The van der Waals surface area contributed by atoms with E-state index < -0.39 is 33.7 Å². The Morgan fingerprint density at radius 1 is 1.32 bits per heavy atom. The molecule has 0 aliphatic carbocycles. The van der Waals surface area contributed by atoms with Crippen molar-refractivity contribution in [1.29, 1.82) is 0 Å². The largest absolute Gasteiger partial charge is 0.480 e. The first-order valence-corrected chi connectivity index (χ1v) is 9.05. The zero-order valence-corrected chi connectivity index (χ0v) is 14.8. The lowest BCUT2D eigenvalue weighted by Crippen LogP contribution is -2.34. The molecule has 25 heavy (non-hydrogen) atoms. The number of hydrogen-bond donors (Lipinski definition) is 4. The van der Waals surface area contributed by atoms with Gasteiger partial charge in [0.25, 0.3) is 10.1 Å². The third-order valence-electron chi connectivity index (χ3n) is 3.61. The number of carbonyl (C=O) groups excluding carboxylic acids is 1. The number of aliphatic carboxylic acids is 1. The SMILES string of the molecule is CCN(CCO)c1ccc(NC(=O)CC(C(=O)O)S(=O)(=O)O)c(C)c1. The van der Waals surface area contributed by atoms with E-state index in [1.807, 2.05) is 11.8 Å². The molecule has 10 heteroatoms. The van der Waals surface area contributed by atoms with Crippen LogP contribution in [0.2, 0.25) is 0 Å². The molecule has 0 fully saturated rings. The second-order valence-electron chi connectivity index (χ2n) is 5.40. The molecular weight excluding hydrogens is 352 g/mol. The first-order chi connectivity index (χ1) is 11.6. The van der Waals surface area contributed by atoms with Gasteiger partial charge in [-0.2, -0.15) is 8.42 Å².